The number of benzene rings is 3. The SMILES string of the molecule is CCOC(=O)C1=C(c2ccccc2)N=c2s/c(=C/c3cc(OC)c(O)c(Br)c3Br)c(=O)n2C1c1ccc(C)cc1. The van der Waals surface area contributed by atoms with Gasteiger partial charge in [0.25, 0.3) is 5.56 Å². The molecule has 1 N–H and O–H groups in total. The van der Waals surface area contributed by atoms with Gasteiger partial charge in [0, 0.05) is 10.0 Å². The van der Waals surface area contributed by atoms with Crippen molar-refractivity contribution in [1.29, 1.82) is 0 Å². The van der Waals surface area contributed by atoms with E-state index in [-0.39, 0.29) is 23.7 Å². The van der Waals surface area contributed by atoms with Gasteiger partial charge in [-0.3, -0.25) is 9.36 Å². The molecule has 1 aliphatic rings. The first-order valence-corrected chi connectivity index (χ1v) is 14.7. The van der Waals surface area contributed by atoms with Crippen molar-refractivity contribution < 1.29 is 19.4 Å². The normalized spacial score (nSPS) is 15.0. The Labute approximate surface area is 251 Å². The van der Waals surface area contributed by atoms with E-state index in [1.54, 1.807) is 23.6 Å². The van der Waals surface area contributed by atoms with Gasteiger partial charge in [-0.25, -0.2) is 9.79 Å². The molecule has 0 amide bonds. The zero-order valence-electron chi connectivity index (χ0n) is 21.8. The van der Waals surface area contributed by atoms with Gasteiger partial charge in [0.15, 0.2) is 16.3 Å². The largest absolute Gasteiger partial charge is 0.503 e. The van der Waals surface area contributed by atoms with Crippen LogP contribution in [0, 0.1) is 6.92 Å². The molecule has 1 atom stereocenters. The molecule has 0 fully saturated rings. The van der Waals surface area contributed by atoms with Gasteiger partial charge in [0.1, 0.15) is 0 Å². The summed E-state index contributed by atoms with van der Waals surface area (Å²) < 4.78 is 13.7. The quantitative estimate of drug-likeness (QED) is 0.272. The Kier molecular flexibility index (Phi) is 8.11. The highest BCUT2D eigenvalue weighted by Crippen LogP contribution is 2.42. The smallest absolute Gasteiger partial charge is 0.338 e. The van der Waals surface area contributed by atoms with E-state index in [4.69, 9.17) is 14.5 Å². The monoisotopic (exact) mass is 682 g/mol. The van der Waals surface area contributed by atoms with Crippen LogP contribution in [0.1, 0.15) is 35.2 Å². The minimum Gasteiger partial charge on any atom is -0.503 e. The standard InChI is InChI=1S/C30H24Br2N2O5S/c1-4-39-29(37)22-25(17-8-6-5-7-9-17)33-30-34(26(22)18-12-10-16(2)11-13-18)28(36)21(40-30)15-19-14-20(38-3)27(35)24(32)23(19)31/h5-15,26,35H,4H2,1-3H3/b21-15+. The number of phenolic OH excluding ortho intramolecular Hbond substituents is 1. The third-order valence-electron chi connectivity index (χ3n) is 6.45. The van der Waals surface area contributed by atoms with Gasteiger partial charge in [-0.15, -0.1) is 0 Å². The second kappa shape index (κ2) is 11.6. The van der Waals surface area contributed by atoms with Crippen molar-refractivity contribution in [2.75, 3.05) is 13.7 Å². The molecule has 0 bridgehead atoms. The van der Waals surface area contributed by atoms with Gasteiger partial charge in [-0.05, 0) is 69.0 Å². The van der Waals surface area contributed by atoms with E-state index in [0.717, 1.165) is 16.7 Å². The molecule has 4 aromatic rings. The number of halogens is 2. The first-order valence-electron chi connectivity index (χ1n) is 12.3. The number of fused-ring (bicyclic) bond motifs is 1. The van der Waals surface area contributed by atoms with Crippen molar-refractivity contribution >= 4 is 60.9 Å². The predicted molar refractivity (Wildman–Crippen MR) is 162 cm³/mol. The van der Waals surface area contributed by atoms with E-state index in [1.165, 1.54) is 18.4 Å². The molecular weight excluding hydrogens is 660 g/mol. The number of aromatic nitrogens is 1. The first kappa shape index (κ1) is 28.1. The van der Waals surface area contributed by atoms with E-state index in [1.807, 2.05) is 61.5 Å². The van der Waals surface area contributed by atoms with Crippen molar-refractivity contribution in [3.8, 4) is 11.5 Å². The van der Waals surface area contributed by atoms with Gasteiger partial charge in [0.2, 0.25) is 0 Å². The number of hydrogen-bond acceptors (Lipinski definition) is 7. The van der Waals surface area contributed by atoms with Crippen LogP contribution in [-0.2, 0) is 9.53 Å². The summed E-state index contributed by atoms with van der Waals surface area (Å²) in [5.74, 6) is -0.332. The van der Waals surface area contributed by atoms with Crippen LogP contribution in [0.4, 0.5) is 0 Å². The molecule has 1 aromatic heterocycles. The van der Waals surface area contributed by atoms with E-state index in [2.05, 4.69) is 31.9 Å². The maximum atomic E-state index is 14.1. The molecule has 2 heterocycles. The summed E-state index contributed by atoms with van der Waals surface area (Å²) in [7, 11) is 1.46. The first-order chi connectivity index (χ1) is 19.2. The molecular formula is C30H24Br2N2O5S. The fourth-order valence-electron chi connectivity index (χ4n) is 4.52. The van der Waals surface area contributed by atoms with Gasteiger partial charge in [-0.2, -0.15) is 0 Å². The number of carbonyl (C=O) groups is 1. The Morgan fingerprint density at radius 3 is 2.48 bits per heavy atom. The summed E-state index contributed by atoms with van der Waals surface area (Å²) in [4.78, 5) is 32.9. The number of aryl methyl sites for hydroxylation is 1. The molecule has 0 aliphatic carbocycles. The lowest BCUT2D eigenvalue weighted by Crippen LogP contribution is -2.40. The van der Waals surface area contributed by atoms with Crippen molar-refractivity contribution in [1.82, 2.24) is 4.57 Å². The molecule has 0 saturated heterocycles. The number of hydrogen-bond donors (Lipinski definition) is 1. The van der Waals surface area contributed by atoms with Crippen LogP contribution >= 0.6 is 43.2 Å². The average Bonchev–Trinajstić information content (AvgIpc) is 3.27. The summed E-state index contributed by atoms with van der Waals surface area (Å²) in [6.45, 7) is 3.91. The summed E-state index contributed by atoms with van der Waals surface area (Å²) >= 11 is 8.09. The Morgan fingerprint density at radius 2 is 1.82 bits per heavy atom. The average molecular weight is 684 g/mol. The molecule has 7 nitrogen and oxygen atoms in total. The van der Waals surface area contributed by atoms with E-state index >= 15 is 0 Å². The van der Waals surface area contributed by atoms with E-state index < -0.39 is 12.0 Å². The van der Waals surface area contributed by atoms with Crippen molar-refractivity contribution in [3.05, 3.63) is 117 Å². The molecule has 0 saturated carbocycles. The summed E-state index contributed by atoms with van der Waals surface area (Å²) in [5, 5.41) is 10.4. The second-order valence-electron chi connectivity index (χ2n) is 8.99. The van der Waals surface area contributed by atoms with Gasteiger partial charge >= 0.3 is 5.97 Å². The lowest BCUT2D eigenvalue weighted by molar-refractivity contribution is -0.138. The molecule has 0 spiro atoms. The Bertz CT molecular complexity index is 1830. The molecule has 5 rings (SSSR count). The number of thiazole rings is 1. The number of esters is 1. The van der Waals surface area contributed by atoms with Crippen LogP contribution in [0.5, 0.6) is 11.5 Å². The summed E-state index contributed by atoms with van der Waals surface area (Å²) in [6, 6.07) is 18.1. The number of ether oxygens (including phenoxy) is 2. The summed E-state index contributed by atoms with van der Waals surface area (Å²) in [6.07, 6.45) is 1.71. The Hall–Kier alpha value is -3.47. The molecule has 10 heteroatoms. The minimum absolute atomic E-state index is 0.0565. The van der Waals surface area contributed by atoms with E-state index in [9.17, 15) is 14.7 Å². The number of phenols is 1. The fraction of sp³-hybridized carbons (Fsp3) is 0.167. The Morgan fingerprint density at radius 1 is 1.12 bits per heavy atom. The number of rotatable bonds is 6. The summed E-state index contributed by atoms with van der Waals surface area (Å²) in [5.41, 5.74) is 3.64. The lowest BCUT2D eigenvalue weighted by atomic mass is 9.92. The minimum atomic E-state index is -0.752. The predicted octanol–water partition coefficient (Wildman–Crippen LogP) is 5.48. The van der Waals surface area contributed by atoms with Crippen molar-refractivity contribution in [2.45, 2.75) is 19.9 Å². The zero-order valence-corrected chi connectivity index (χ0v) is 25.8. The maximum Gasteiger partial charge on any atom is 0.338 e. The van der Waals surface area contributed by atoms with E-state index in [0.29, 0.717) is 35.1 Å². The Balaban J connectivity index is 1.84. The van der Waals surface area contributed by atoms with Gasteiger partial charge in [-0.1, -0.05) is 71.5 Å². The number of aromatic hydroxyl groups is 1. The third-order valence-corrected chi connectivity index (χ3v) is 9.59. The third kappa shape index (κ3) is 5.07. The van der Waals surface area contributed by atoms with Crippen molar-refractivity contribution in [3.63, 3.8) is 0 Å². The highest BCUT2D eigenvalue weighted by molar-refractivity contribution is 9.13. The molecule has 1 unspecified atom stereocenters. The van der Waals surface area contributed by atoms with Crippen LogP contribution in [0.15, 0.2) is 85.0 Å². The van der Waals surface area contributed by atoms with Crippen LogP contribution in [-0.4, -0.2) is 29.4 Å². The number of methoxy groups -OCH3 is 1. The maximum absolute atomic E-state index is 14.1. The van der Waals surface area contributed by atoms with Gasteiger partial charge in [0.05, 0.1) is 40.0 Å². The molecule has 1 aliphatic heterocycles. The highest BCUT2D eigenvalue weighted by atomic mass is 79.9. The van der Waals surface area contributed by atoms with Crippen LogP contribution in [0.25, 0.3) is 11.8 Å². The lowest BCUT2D eigenvalue weighted by Gasteiger charge is -2.26. The molecule has 0 radical (unpaired) electrons. The number of carbonyl (C=O) groups excluding carboxylic acids is 1. The highest BCUT2D eigenvalue weighted by Gasteiger charge is 2.35. The molecule has 3 aromatic carbocycles. The van der Waals surface area contributed by atoms with Crippen LogP contribution in [0.3, 0.4) is 0 Å². The van der Waals surface area contributed by atoms with Gasteiger partial charge < -0.3 is 14.6 Å². The van der Waals surface area contributed by atoms with Crippen LogP contribution in [0.2, 0.25) is 0 Å². The number of nitrogens with zero attached hydrogens (tertiary/aromatic N) is 2. The molecule has 204 valence electrons. The topological polar surface area (TPSA) is 90.1 Å². The fourth-order valence-corrected chi connectivity index (χ4v) is 6.35. The zero-order chi connectivity index (χ0) is 28.6. The second-order valence-corrected chi connectivity index (χ2v) is 11.6. The molecule has 40 heavy (non-hydrogen) atoms. The van der Waals surface area contributed by atoms with Crippen LogP contribution < -0.4 is 19.6 Å². The van der Waals surface area contributed by atoms with Crippen molar-refractivity contribution in [2.24, 2.45) is 4.99 Å².